The molecule has 0 radical (unpaired) electrons. The summed E-state index contributed by atoms with van der Waals surface area (Å²) in [6.45, 7) is 8.61. The molecule has 0 bridgehead atoms. The van der Waals surface area contributed by atoms with Crippen molar-refractivity contribution in [2.45, 2.75) is 198 Å². The first-order valence-corrected chi connectivity index (χ1v) is 31.0. The summed E-state index contributed by atoms with van der Waals surface area (Å²) in [5, 5.41) is 10.8. The van der Waals surface area contributed by atoms with Crippen LogP contribution in [0.2, 0.25) is 5.02 Å². The van der Waals surface area contributed by atoms with Crippen molar-refractivity contribution in [3.05, 3.63) is 34.3 Å². The molecule has 2 saturated carbocycles. The Morgan fingerprint density at radius 2 is 1.29 bits per heavy atom. The van der Waals surface area contributed by atoms with E-state index in [2.05, 4.69) is 21.3 Å². The quantitative estimate of drug-likeness (QED) is 0.288. The second-order valence-corrected chi connectivity index (χ2v) is 25.5. The van der Waals surface area contributed by atoms with Gasteiger partial charge in [0.05, 0.1) is 30.2 Å². The number of carbonyl (C=O) groups is 11. The molecule has 11 amide bonds. The van der Waals surface area contributed by atoms with Crippen LogP contribution in [0.15, 0.2) is 18.2 Å². The number of halogens is 4. The number of rotatable bonds is 8. The summed E-state index contributed by atoms with van der Waals surface area (Å²) in [4.78, 5) is 166. The predicted molar refractivity (Wildman–Crippen MR) is 319 cm³/mol. The fraction of sp³-hybridized carbons (Fsp3) is 0.721. The average Bonchev–Trinajstić information content (AvgIpc) is 2.03. The molecule has 22 nitrogen and oxygen atoms in total. The van der Waals surface area contributed by atoms with Gasteiger partial charge in [-0.2, -0.15) is 13.2 Å². The summed E-state index contributed by atoms with van der Waals surface area (Å²) < 4.78 is 41.2. The number of nitrogens with one attached hydrogen (secondary N) is 4. The van der Waals surface area contributed by atoms with E-state index in [-0.39, 0.29) is 57.4 Å². The molecule has 5 rings (SSSR count). The highest BCUT2D eigenvalue weighted by molar-refractivity contribution is 6.31. The lowest BCUT2D eigenvalue weighted by atomic mass is 9.84. The van der Waals surface area contributed by atoms with Crippen LogP contribution in [0.4, 0.5) is 13.2 Å². The van der Waals surface area contributed by atoms with Gasteiger partial charge in [-0.25, -0.2) is 0 Å². The summed E-state index contributed by atoms with van der Waals surface area (Å²) in [5.41, 5.74) is -2.24. The number of likely N-dealkylation sites (N-methyl/N-ethyl adjacent to an activating group) is 6. The molecule has 1 aromatic carbocycles. The van der Waals surface area contributed by atoms with Crippen molar-refractivity contribution in [2.24, 2.45) is 17.8 Å². The highest BCUT2D eigenvalue weighted by Gasteiger charge is 2.49. The van der Waals surface area contributed by atoms with Crippen LogP contribution in [-0.4, -0.2) is 216 Å². The number of hydrogen-bond acceptors (Lipinski definition) is 11. The van der Waals surface area contributed by atoms with Crippen molar-refractivity contribution >= 4 is 76.6 Å². The first-order chi connectivity index (χ1) is 40.7. The molecule has 8 atom stereocenters. The molecule has 2 aliphatic heterocycles. The molecular weight excluding hydrogens is 1160 g/mol. The maximum absolute atomic E-state index is 14.9. The van der Waals surface area contributed by atoms with E-state index in [0.29, 0.717) is 31.2 Å². The number of nitrogens with zero attached hydrogens (tertiary/aromatic N) is 7. The van der Waals surface area contributed by atoms with Gasteiger partial charge in [0.1, 0.15) is 41.8 Å². The summed E-state index contributed by atoms with van der Waals surface area (Å²) in [6, 6.07) is -4.61. The molecule has 4 fully saturated rings. The smallest absolute Gasteiger partial charge is 0.351 e. The second kappa shape index (κ2) is 31.1. The van der Waals surface area contributed by atoms with Gasteiger partial charge in [0.2, 0.25) is 65.0 Å². The summed E-state index contributed by atoms with van der Waals surface area (Å²) >= 11 is 6.10. The van der Waals surface area contributed by atoms with Crippen molar-refractivity contribution in [3.8, 4) is 0 Å². The number of alkyl halides is 3. The minimum atomic E-state index is -4.74. The zero-order valence-corrected chi connectivity index (χ0v) is 53.5. The number of amides is 11. The molecule has 87 heavy (non-hydrogen) atoms. The maximum atomic E-state index is 14.9. The molecule has 1 aromatic rings. The Kier molecular flexibility index (Phi) is 25.4. The molecule has 2 heterocycles. The van der Waals surface area contributed by atoms with Crippen molar-refractivity contribution in [2.75, 3.05) is 68.5 Å². The topological polar surface area (TPSA) is 259 Å². The number of benzene rings is 1. The fourth-order valence-electron chi connectivity index (χ4n) is 12.4. The Hall–Kier alpha value is -6.53. The first kappa shape index (κ1) is 71.2. The number of fused-ring (bicyclic) bond motifs is 1. The second-order valence-electron chi connectivity index (χ2n) is 25.1. The third-order valence-electron chi connectivity index (χ3n) is 18.1. The summed E-state index contributed by atoms with van der Waals surface area (Å²) in [5.74, 6) is -7.80. The molecule has 4 N–H and O–H groups in total. The molecule has 2 aliphatic carbocycles. The van der Waals surface area contributed by atoms with Crippen molar-refractivity contribution < 1.29 is 65.9 Å². The third kappa shape index (κ3) is 18.3. The van der Waals surface area contributed by atoms with E-state index in [1.54, 1.807) is 27.7 Å². The largest absolute Gasteiger partial charge is 0.417 e. The number of aryl methyl sites for hydroxylation is 1. The SMILES string of the molecule is CCC(C)[C@@H]1NC(=O)[C@H](C)N(C)C(=O)C[C@@H](C)NC(=O)[C@H](C(C)C)N(C)C(=O)C2(CCCC2)NC(=O)[C@@H]2CCCN2C(=O)[C@H](CCc2ccc(C(F)(F)F)c(Cl)c2)NC(=O)CN(C)C(=O)[C@H](CC2CCCCC2)N(C)C(=O)CN(C)C(=O)CN(C)C1=O. The summed E-state index contributed by atoms with van der Waals surface area (Å²) in [6.07, 6.45) is 1.86. The van der Waals surface area contributed by atoms with Crippen LogP contribution in [0.5, 0.6) is 0 Å². The van der Waals surface area contributed by atoms with E-state index in [9.17, 15) is 65.9 Å². The van der Waals surface area contributed by atoms with Gasteiger partial charge in [0.25, 0.3) is 0 Å². The lowest BCUT2D eigenvalue weighted by Gasteiger charge is -2.39. The van der Waals surface area contributed by atoms with Crippen LogP contribution in [-0.2, 0) is 65.3 Å². The molecule has 486 valence electrons. The van der Waals surface area contributed by atoms with Crippen LogP contribution in [0.25, 0.3) is 0 Å². The Balaban J connectivity index is 1.52. The highest BCUT2D eigenvalue weighted by atomic mass is 35.5. The predicted octanol–water partition coefficient (Wildman–Crippen LogP) is 4.14. The average molecular weight is 1250 g/mol. The lowest BCUT2D eigenvalue weighted by Crippen LogP contribution is -2.64. The van der Waals surface area contributed by atoms with E-state index in [1.165, 1.54) is 74.9 Å². The lowest BCUT2D eigenvalue weighted by molar-refractivity contribution is -0.149. The number of carbonyl (C=O) groups excluding carboxylic acids is 11. The Labute approximate surface area is 515 Å². The van der Waals surface area contributed by atoms with Crippen molar-refractivity contribution in [1.82, 2.24) is 55.6 Å². The van der Waals surface area contributed by atoms with Gasteiger partial charge in [0.15, 0.2) is 0 Å². The normalized spacial score (nSPS) is 26.7. The first-order valence-electron chi connectivity index (χ1n) is 30.6. The zero-order valence-electron chi connectivity index (χ0n) is 52.8. The van der Waals surface area contributed by atoms with Gasteiger partial charge in [-0.1, -0.05) is 96.7 Å². The van der Waals surface area contributed by atoms with Gasteiger partial charge in [0, 0.05) is 61.3 Å². The highest BCUT2D eigenvalue weighted by Crippen LogP contribution is 2.37. The summed E-state index contributed by atoms with van der Waals surface area (Å²) in [7, 11) is 8.45. The standard InChI is InChI=1S/C61H93ClF3N11O11/c1-13-37(4)51-58(86)72(9)34-49(79)70(7)35-50(80)74(11)46(32-40-20-15-14-16-21-40)57(85)71(8)33-47(77)67-44(26-24-41-23-25-42(43(62)31-41)61(63,64)65)56(84)76-29-19-22-45(76)54(82)69-60(27-17-18-28-60)59(87)75(12)52(36(2)3)55(83)66-38(5)30-48(78)73(10)39(6)53(81)68-51/h23,25,31,36-40,44-46,51-52H,13-22,24,26-30,32-35H2,1-12H3,(H,66,83)(H,67,77)(H,68,81)(H,69,82)/t37?,38-,39+,44+,45+,46+,51+,52+/m1/s1. The minimum Gasteiger partial charge on any atom is -0.351 e. The Bertz CT molecular complexity index is 2690. The van der Waals surface area contributed by atoms with E-state index < -0.39 is 161 Å². The van der Waals surface area contributed by atoms with Crippen LogP contribution in [0, 0.1) is 17.8 Å². The van der Waals surface area contributed by atoms with Crippen LogP contribution in [0.1, 0.15) is 149 Å². The minimum absolute atomic E-state index is 0.0360. The van der Waals surface area contributed by atoms with E-state index in [4.69, 9.17) is 11.6 Å². The Morgan fingerprint density at radius 3 is 1.89 bits per heavy atom. The zero-order chi connectivity index (χ0) is 65.0. The monoisotopic (exact) mass is 1250 g/mol. The van der Waals surface area contributed by atoms with E-state index in [0.717, 1.165) is 58.9 Å². The fourth-order valence-corrected chi connectivity index (χ4v) is 12.7. The van der Waals surface area contributed by atoms with Gasteiger partial charge < -0.3 is 55.6 Å². The van der Waals surface area contributed by atoms with Crippen molar-refractivity contribution in [1.29, 1.82) is 0 Å². The molecule has 1 spiro atoms. The Morgan fingerprint density at radius 1 is 0.667 bits per heavy atom. The molecule has 4 aliphatic rings. The van der Waals surface area contributed by atoms with Gasteiger partial charge in [-0.15, -0.1) is 0 Å². The van der Waals surface area contributed by atoms with Crippen LogP contribution < -0.4 is 21.3 Å². The van der Waals surface area contributed by atoms with Crippen molar-refractivity contribution in [3.63, 3.8) is 0 Å². The molecule has 2 saturated heterocycles. The number of hydrogen-bond donors (Lipinski definition) is 4. The third-order valence-corrected chi connectivity index (χ3v) is 18.4. The van der Waals surface area contributed by atoms with Crippen LogP contribution >= 0.6 is 11.6 Å². The maximum Gasteiger partial charge on any atom is 0.417 e. The van der Waals surface area contributed by atoms with E-state index >= 15 is 0 Å². The van der Waals surface area contributed by atoms with Crippen LogP contribution in [0.3, 0.4) is 0 Å². The molecule has 0 aromatic heterocycles. The van der Waals surface area contributed by atoms with E-state index in [1.807, 2.05) is 6.92 Å². The van der Waals surface area contributed by atoms with Gasteiger partial charge in [-0.05, 0) is 94.2 Å². The van der Waals surface area contributed by atoms with Gasteiger partial charge in [-0.3, -0.25) is 52.7 Å². The molecule has 1 unspecified atom stereocenters. The molecule has 26 heteroatoms. The molecular formula is C61H93ClF3N11O11. The van der Waals surface area contributed by atoms with Gasteiger partial charge >= 0.3 is 6.18 Å².